The second-order valence-corrected chi connectivity index (χ2v) is 7.35. The molecular weight excluding hydrogens is 282 g/mol. The van der Waals surface area contributed by atoms with Crippen LogP contribution in [0, 0.1) is 6.92 Å². The van der Waals surface area contributed by atoms with Gasteiger partial charge in [-0.2, -0.15) is 0 Å². The van der Waals surface area contributed by atoms with Crippen LogP contribution < -0.4 is 4.31 Å². The van der Waals surface area contributed by atoms with Crippen molar-refractivity contribution in [2.45, 2.75) is 17.7 Å². The molecule has 0 saturated carbocycles. The van der Waals surface area contributed by atoms with Crippen LogP contribution in [0.4, 0.5) is 5.69 Å². The minimum absolute atomic E-state index is 0.153. The Balaban J connectivity index is 2.36. The maximum atomic E-state index is 12.4. The lowest BCUT2D eigenvalue weighted by molar-refractivity contribution is 0.282. The van der Waals surface area contributed by atoms with E-state index in [1.807, 2.05) is 19.1 Å². The monoisotopic (exact) mass is 297 g/mol. The van der Waals surface area contributed by atoms with Gasteiger partial charge in [0, 0.05) is 7.05 Å². The van der Waals surface area contributed by atoms with Crippen molar-refractivity contribution >= 4 is 27.0 Å². The molecule has 1 aromatic heterocycles. The molecule has 0 bridgehead atoms. The molecule has 102 valence electrons. The first-order valence-corrected chi connectivity index (χ1v) is 8.01. The van der Waals surface area contributed by atoms with Gasteiger partial charge in [-0.25, -0.2) is 8.42 Å². The highest BCUT2D eigenvalue weighted by Gasteiger charge is 2.23. The fourth-order valence-electron chi connectivity index (χ4n) is 1.60. The van der Waals surface area contributed by atoms with E-state index in [0.29, 0.717) is 11.3 Å². The molecule has 0 atom stereocenters. The molecule has 0 saturated heterocycles. The van der Waals surface area contributed by atoms with Gasteiger partial charge in [-0.15, -0.1) is 11.3 Å². The number of aryl methyl sites for hydroxylation is 1. The fourth-order valence-corrected chi connectivity index (χ4v) is 4.16. The Morgan fingerprint density at radius 3 is 2.42 bits per heavy atom. The number of rotatable bonds is 4. The summed E-state index contributed by atoms with van der Waals surface area (Å²) in [6.45, 7) is 1.80. The molecule has 1 aromatic carbocycles. The molecule has 0 amide bonds. The van der Waals surface area contributed by atoms with Crippen LogP contribution >= 0.6 is 11.3 Å². The van der Waals surface area contributed by atoms with E-state index in [0.717, 1.165) is 16.9 Å². The van der Waals surface area contributed by atoms with Gasteiger partial charge in [0.1, 0.15) is 4.21 Å². The smallest absolute Gasteiger partial charge is 0.273 e. The zero-order chi connectivity index (χ0) is 14.0. The second-order valence-electron chi connectivity index (χ2n) is 4.24. The summed E-state index contributed by atoms with van der Waals surface area (Å²) in [5.41, 5.74) is 2.30. The SMILES string of the molecule is Cc1ccc(N(C)S(=O)(=O)c2cc(CO)cs2)cc1. The van der Waals surface area contributed by atoms with Gasteiger partial charge in [-0.05, 0) is 36.1 Å². The van der Waals surface area contributed by atoms with Crippen molar-refractivity contribution in [3.63, 3.8) is 0 Å². The van der Waals surface area contributed by atoms with Crippen molar-refractivity contribution in [2.75, 3.05) is 11.4 Å². The van der Waals surface area contributed by atoms with E-state index in [4.69, 9.17) is 5.11 Å². The minimum atomic E-state index is -3.55. The Hall–Kier alpha value is -1.37. The van der Waals surface area contributed by atoms with E-state index >= 15 is 0 Å². The first-order valence-electron chi connectivity index (χ1n) is 5.69. The van der Waals surface area contributed by atoms with Crippen molar-refractivity contribution in [3.8, 4) is 0 Å². The summed E-state index contributed by atoms with van der Waals surface area (Å²) in [4.78, 5) is 0. The molecule has 0 unspecified atom stereocenters. The molecule has 2 rings (SSSR count). The lowest BCUT2D eigenvalue weighted by atomic mass is 10.2. The predicted molar refractivity (Wildman–Crippen MR) is 77.0 cm³/mol. The first-order chi connectivity index (χ1) is 8.95. The van der Waals surface area contributed by atoms with E-state index in [1.54, 1.807) is 17.5 Å². The Bertz CT molecular complexity index is 659. The molecule has 19 heavy (non-hydrogen) atoms. The van der Waals surface area contributed by atoms with Crippen LogP contribution in [-0.2, 0) is 16.6 Å². The number of aliphatic hydroxyl groups is 1. The lowest BCUT2D eigenvalue weighted by Crippen LogP contribution is -2.25. The van der Waals surface area contributed by atoms with E-state index in [9.17, 15) is 8.42 Å². The number of nitrogens with zero attached hydrogens (tertiary/aromatic N) is 1. The molecule has 2 aromatic rings. The summed E-state index contributed by atoms with van der Waals surface area (Å²) in [7, 11) is -2.03. The minimum Gasteiger partial charge on any atom is -0.392 e. The van der Waals surface area contributed by atoms with E-state index < -0.39 is 10.0 Å². The molecule has 6 heteroatoms. The van der Waals surface area contributed by atoms with E-state index in [-0.39, 0.29) is 10.8 Å². The van der Waals surface area contributed by atoms with Crippen LogP contribution in [0.2, 0.25) is 0 Å². The van der Waals surface area contributed by atoms with Crippen LogP contribution in [0.3, 0.4) is 0 Å². The second kappa shape index (κ2) is 5.32. The first kappa shape index (κ1) is 14.0. The predicted octanol–water partition coefficient (Wildman–Crippen LogP) is 2.37. The molecular formula is C13H15NO3S2. The average Bonchev–Trinajstić information content (AvgIpc) is 2.88. The van der Waals surface area contributed by atoms with Crippen LogP contribution in [0.1, 0.15) is 11.1 Å². The maximum absolute atomic E-state index is 12.4. The largest absolute Gasteiger partial charge is 0.392 e. The molecule has 0 aliphatic rings. The Labute approximate surface area is 117 Å². The van der Waals surface area contributed by atoms with Crippen LogP contribution in [0.15, 0.2) is 39.9 Å². The molecule has 1 N–H and O–H groups in total. The highest BCUT2D eigenvalue weighted by Crippen LogP contribution is 2.27. The summed E-state index contributed by atoms with van der Waals surface area (Å²) in [6, 6.07) is 8.79. The molecule has 0 spiro atoms. The molecule has 0 aliphatic carbocycles. The topological polar surface area (TPSA) is 57.6 Å². The number of anilines is 1. The summed E-state index contributed by atoms with van der Waals surface area (Å²) in [6.07, 6.45) is 0. The standard InChI is InChI=1S/C13H15NO3S2/c1-10-3-5-12(6-4-10)14(2)19(16,17)13-7-11(8-15)9-18-13/h3-7,9,15H,8H2,1-2H3. The van der Waals surface area contributed by atoms with Crippen molar-refractivity contribution in [1.29, 1.82) is 0 Å². The van der Waals surface area contributed by atoms with Gasteiger partial charge < -0.3 is 5.11 Å². The molecule has 0 radical (unpaired) electrons. The van der Waals surface area contributed by atoms with Gasteiger partial charge in [-0.3, -0.25) is 4.31 Å². The summed E-state index contributed by atoms with van der Waals surface area (Å²) >= 11 is 1.12. The van der Waals surface area contributed by atoms with Crippen LogP contribution in [0.5, 0.6) is 0 Å². The van der Waals surface area contributed by atoms with Crippen molar-refractivity contribution in [3.05, 3.63) is 46.8 Å². The van der Waals surface area contributed by atoms with Gasteiger partial charge in [-0.1, -0.05) is 17.7 Å². The van der Waals surface area contributed by atoms with Crippen molar-refractivity contribution in [1.82, 2.24) is 0 Å². The van der Waals surface area contributed by atoms with Crippen LogP contribution in [-0.4, -0.2) is 20.6 Å². The molecule has 1 heterocycles. The lowest BCUT2D eigenvalue weighted by Gasteiger charge is -2.18. The Morgan fingerprint density at radius 2 is 1.89 bits per heavy atom. The zero-order valence-electron chi connectivity index (χ0n) is 10.7. The molecule has 0 aliphatic heterocycles. The average molecular weight is 297 g/mol. The molecule has 4 nitrogen and oxygen atoms in total. The fraction of sp³-hybridized carbons (Fsp3) is 0.231. The van der Waals surface area contributed by atoms with Crippen molar-refractivity contribution < 1.29 is 13.5 Å². The third-order valence-corrected chi connectivity index (χ3v) is 6.07. The number of hydrogen-bond donors (Lipinski definition) is 1. The van der Waals surface area contributed by atoms with E-state index in [1.165, 1.54) is 17.4 Å². The number of thiophene rings is 1. The highest BCUT2D eigenvalue weighted by atomic mass is 32.2. The molecule has 0 fully saturated rings. The Morgan fingerprint density at radius 1 is 1.26 bits per heavy atom. The van der Waals surface area contributed by atoms with Gasteiger partial charge in [0.2, 0.25) is 0 Å². The van der Waals surface area contributed by atoms with E-state index in [2.05, 4.69) is 0 Å². The van der Waals surface area contributed by atoms with Crippen LogP contribution in [0.25, 0.3) is 0 Å². The van der Waals surface area contributed by atoms with Gasteiger partial charge in [0.05, 0.1) is 12.3 Å². The Kier molecular flexibility index (Phi) is 3.93. The number of sulfonamides is 1. The summed E-state index contributed by atoms with van der Waals surface area (Å²) < 4.78 is 26.3. The normalized spacial score (nSPS) is 11.5. The summed E-state index contributed by atoms with van der Waals surface area (Å²) in [5.74, 6) is 0. The number of benzene rings is 1. The van der Waals surface area contributed by atoms with Gasteiger partial charge in [0.15, 0.2) is 0 Å². The van der Waals surface area contributed by atoms with Gasteiger partial charge >= 0.3 is 0 Å². The van der Waals surface area contributed by atoms with Crippen molar-refractivity contribution in [2.24, 2.45) is 0 Å². The van der Waals surface area contributed by atoms with Gasteiger partial charge in [0.25, 0.3) is 10.0 Å². The highest BCUT2D eigenvalue weighted by molar-refractivity contribution is 7.94. The number of hydrogen-bond acceptors (Lipinski definition) is 4. The zero-order valence-corrected chi connectivity index (χ0v) is 12.3. The third-order valence-electron chi connectivity index (χ3n) is 2.82. The quantitative estimate of drug-likeness (QED) is 0.942. The summed E-state index contributed by atoms with van der Waals surface area (Å²) in [5, 5.41) is 10.6. The third kappa shape index (κ3) is 2.80. The number of aliphatic hydroxyl groups excluding tert-OH is 1. The maximum Gasteiger partial charge on any atom is 0.273 e.